The Morgan fingerprint density at radius 3 is 2.90 bits per heavy atom. The Morgan fingerprint density at radius 1 is 1.45 bits per heavy atom. The fraction of sp³-hybridized carbons (Fsp3) is 0.429. The van der Waals surface area contributed by atoms with Gasteiger partial charge in [-0.1, -0.05) is 6.07 Å². The number of carbonyl (C=O) groups excluding carboxylic acids is 2. The van der Waals surface area contributed by atoms with E-state index in [9.17, 15) is 9.59 Å². The summed E-state index contributed by atoms with van der Waals surface area (Å²) in [5.74, 6) is -0.508. The van der Waals surface area contributed by atoms with Crippen LogP contribution in [-0.4, -0.2) is 31.2 Å². The number of nitrogens with two attached hydrogens (primary N) is 1. The van der Waals surface area contributed by atoms with Crippen molar-refractivity contribution in [3.05, 3.63) is 29.3 Å². The molecule has 4 N–H and O–H groups in total. The molecule has 1 aliphatic heterocycles. The van der Waals surface area contributed by atoms with Crippen molar-refractivity contribution < 1.29 is 14.3 Å². The van der Waals surface area contributed by atoms with Crippen LogP contribution in [0.25, 0.3) is 0 Å². The highest BCUT2D eigenvalue weighted by atomic mass is 16.5. The van der Waals surface area contributed by atoms with Crippen molar-refractivity contribution in [2.75, 3.05) is 18.5 Å². The van der Waals surface area contributed by atoms with Gasteiger partial charge in [0.15, 0.2) is 0 Å². The number of carbonyl (C=O) groups is 2. The van der Waals surface area contributed by atoms with E-state index in [0.717, 1.165) is 25.0 Å². The number of amides is 3. The van der Waals surface area contributed by atoms with Gasteiger partial charge < -0.3 is 21.1 Å². The van der Waals surface area contributed by atoms with Gasteiger partial charge in [-0.05, 0) is 37.5 Å². The Bertz CT molecular complexity index is 510. The third-order valence-electron chi connectivity index (χ3n) is 3.28. The van der Waals surface area contributed by atoms with Crippen LogP contribution >= 0.6 is 0 Å². The Labute approximate surface area is 117 Å². The van der Waals surface area contributed by atoms with E-state index < -0.39 is 5.91 Å². The molecule has 20 heavy (non-hydrogen) atoms. The second-order valence-electron chi connectivity index (χ2n) is 4.86. The number of nitrogens with one attached hydrogen (secondary N) is 2. The minimum atomic E-state index is -0.508. The first-order chi connectivity index (χ1) is 9.56. The highest BCUT2D eigenvalue weighted by Gasteiger charge is 2.16. The summed E-state index contributed by atoms with van der Waals surface area (Å²) in [6, 6.07) is 4.73. The molecule has 0 aromatic heterocycles. The van der Waals surface area contributed by atoms with Crippen LogP contribution in [0.2, 0.25) is 0 Å². The molecule has 1 aliphatic rings. The Kier molecular flexibility index (Phi) is 4.57. The summed E-state index contributed by atoms with van der Waals surface area (Å²) in [4.78, 5) is 23.0. The number of benzene rings is 1. The first-order valence-electron chi connectivity index (χ1n) is 6.63. The number of hydrogen-bond donors (Lipinski definition) is 3. The van der Waals surface area contributed by atoms with Gasteiger partial charge in [0.1, 0.15) is 0 Å². The van der Waals surface area contributed by atoms with Gasteiger partial charge in [-0.25, -0.2) is 4.79 Å². The van der Waals surface area contributed by atoms with Gasteiger partial charge in [0.2, 0.25) is 5.91 Å². The van der Waals surface area contributed by atoms with Crippen molar-refractivity contribution in [3.8, 4) is 0 Å². The molecule has 0 aliphatic carbocycles. The highest BCUT2D eigenvalue weighted by Crippen LogP contribution is 2.15. The monoisotopic (exact) mass is 277 g/mol. The van der Waals surface area contributed by atoms with E-state index in [-0.39, 0.29) is 12.1 Å². The molecule has 6 nitrogen and oxygen atoms in total. The second-order valence-corrected chi connectivity index (χ2v) is 4.86. The molecule has 1 saturated heterocycles. The first kappa shape index (κ1) is 14.3. The standard InChI is InChI=1S/C14H19N3O3/c1-9-4-5-10(7-12(9)13(15)18)17-14(19)16-8-11-3-2-6-20-11/h4-5,7,11H,2-3,6,8H2,1H3,(H2,15,18)(H2,16,17,19). The number of hydrogen-bond acceptors (Lipinski definition) is 3. The molecule has 1 unspecified atom stereocenters. The van der Waals surface area contributed by atoms with E-state index in [1.165, 1.54) is 0 Å². The van der Waals surface area contributed by atoms with Crippen molar-refractivity contribution in [3.63, 3.8) is 0 Å². The van der Waals surface area contributed by atoms with Gasteiger partial charge in [0.05, 0.1) is 6.10 Å². The summed E-state index contributed by atoms with van der Waals surface area (Å²) in [5, 5.41) is 5.42. The zero-order valence-electron chi connectivity index (χ0n) is 11.4. The van der Waals surface area contributed by atoms with Crippen LogP contribution in [-0.2, 0) is 4.74 Å². The predicted octanol–water partition coefficient (Wildman–Crippen LogP) is 1.39. The average Bonchev–Trinajstić information content (AvgIpc) is 2.91. The predicted molar refractivity (Wildman–Crippen MR) is 75.7 cm³/mol. The topological polar surface area (TPSA) is 93.4 Å². The van der Waals surface area contributed by atoms with Crippen molar-refractivity contribution in [1.29, 1.82) is 0 Å². The van der Waals surface area contributed by atoms with Crippen LogP contribution in [0.3, 0.4) is 0 Å². The van der Waals surface area contributed by atoms with Gasteiger partial charge in [0.25, 0.3) is 0 Å². The van der Waals surface area contributed by atoms with Crippen molar-refractivity contribution in [2.24, 2.45) is 5.73 Å². The van der Waals surface area contributed by atoms with Crippen LogP contribution in [0.1, 0.15) is 28.8 Å². The number of urea groups is 1. The van der Waals surface area contributed by atoms with E-state index in [0.29, 0.717) is 17.8 Å². The maximum Gasteiger partial charge on any atom is 0.319 e. The Hall–Kier alpha value is -2.08. The third-order valence-corrected chi connectivity index (χ3v) is 3.28. The molecule has 0 bridgehead atoms. The quantitative estimate of drug-likeness (QED) is 0.776. The summed E-state index contributed by atoms with van der Waals surface area (Å²) in [6.45, 7) is 3.04. The normalized spacial score (nSPS) is 17.8. The molecular weight excluding hydrogens is 258 g/mol. The largest absolute Gasteiger partial charge is 0.376 e. The molecule has 1 heterocycles. The number of primary amides is 1. The molecule has 0 radical (unpaired) electrons. The van der Waals surface area contributed by atoms with E-state index in [1.807, 2.05) is 0 Å². The van der Waals surface area contributed by atoms with Gasteiger partial charge in [-0.2, -0.15) is 0 Å². The average molecular weight is 277 g/mol. The molecule has 108 valence electrons. The lowest BCUT2D eigenvalue weighted by atomic mass is 10.1. The Balaban J connectivity index is 1.90. The number of rotatable bonds is 4. The molecule has 0 saturated carbocycles. The zero-order chi connectivity index (χ0) is 14.5. The molecule has 0 spiro atoms. The van der Waals surface area contributed by atoms with Crippen molar-refractivity contribution >= 4 is 17.6 Å². The molecular formula is C14H19N3O3. The van der Waals surface area contributed by atoms with Gasteiger partial charge >= 0.3 is 6.03 Å². The third kappa shape index (κ3) is 3.71. The molecule has 1 fully saturated rings. The first-order valence-corrected chi connectivity index (χ1v) is 6.63. The maximum atomic E-state index is 11.7. The minimum absolute atomic E-state index is 0.0972. The molecule has 3 amide bonds. The van der Waals surface area contributed by atoms with Crippen molar-refractivity contribution in [2.45, 2.75) is 25.9 Å². The summed E-state index contributed by atoms with van der Waals surface area (Å²) in [7, 11) is 0. The molecule has 6 heteroatoms. The summed E-state index contributed by atoms with van der Waals surface area (Å²) < 4.78 is 5.42. The fourth-order valence-corrected chi connectivity index (χ4v) is 2.15. The zero-order valence-corrected chi connectivity index (χ0v) is 11.4. The lowest BCUT2D eigenvalue weighted by molar-refractivity contribution is 0.0999. The van der Waals surface area contributed by atoms with E-state index in [4.69, 9.17) is 10.5 Å². The van der Waals surface area contributed by atoms with Crippen LogP contribution in [0, 0.1) is 6.92 Å². The Morgan fingerprint density at radius 2 is 2.25 bits per heavy atom. The van der Waals surface area contributed by atoms with Gasteiger partial charge in [0, 0.05) is 24.4 Å². The number of anilines is 1. The van der Waals surface area contributed by atoms with Crippen LogP contribution in [0.15, 0.2) is 18.2 Å². The van der Waals surface area contributed by atoms with Crippen LogP contribution < -0.4 is 16.4 Å². The number of aryl methyl sites for hydroxylation is 1. The van der Waals surface area contributed by atoms with E-state index >= 15 is 0 Å². The van der Waals surface area contributed by atoms with E-state index in [2.05, 4.69) is 10.6 Å². The molecule has 1 aromatic carbocycles. The lowest BCUT2D eigenvalue weighted by Crippen LogP contribution is -2.35. The van der Waals surface area contributed by atoms with Gasteiger partial charge in [-0.15, -0.1) is 0 Å². The summed E-state index contributed by atoms with van der Waals surface area (Å²) >= 11 is 0. The molecule has 2 rings (SSSR count). The van der Waals surface area contributed by atoms with Gasteiger partial charge in [-0.3, -0.25) is 4.79 Å². The molecule has 1 aromatic rings. The van der Waals surface area contributed by atoms with E-state index in [1.54, 1.807) is 25.1 Å². The minimum Gasteiger partial charge on any atom is -0.376 e. The lowest BCUT2D eigenvalue weighted by Gasteiger charge is -2.12. The van der Waals surface area contributed by atoms with Crippen LogP contribution in [0.5, 0.6) is 0 Å². The SMILES string of the molecule is Cc1ccc(NC(=O)NCC2CCCO2)cc1C(N)=O. The van der Waals surface area contributed by atoms with Crippen LogP contribution in [0.4, 0.5) is 10.5 Å². The highest BCUT2D eigenvalue weighted by molar-refractivity contribution is 5.97. The summed E-state index contributed by atoms with van der Waals surface area (Å²) in [6.07, 6.45) is 2.10. The maximum absolute atomic E-state index is 11.7. The smallest absolute Gasteiger partial charge is 0.319 e. The number of ether oxygens (including phenoxy) is 1. The second kappa shape index (κ2) is 6.38. The fourth-order valence-electron chi connectivity index (χ4n) is 2.15. The molecule has 1 atom stereocenters. The van der Waals surface area contributed by atoms with Crippen molar-refractivity contribution in [1.82, 2.24) is 5.32 Å². The summed E-state index contributed by atoms with van der Waals surface area (Å²) in [5.41, 5.74) is 6.99.